The number of benzene rings is 2. The zero-order valence-corrected chi connectivity index (χ0v) is 14.2. The van der Waals surface area contributed by atoms with Crippen LogP contribution in [0.25, 0.3) is 0 Å². The standard InChI is InChI=1S/C15H9BrCl2O4/c16-12-5-14-13(21-7-22-14)3-9(12)6-20-15(19)8-1-10(17)4-11(18)2-8/h1-5H,6-7H2. The summed E-state index contributed by atoms with van der Waals surface area (Å²) in [5.74, 6) is 0.776. The summed E-state index contributed by atoms with van der Waals surface area (Å²) in [4.78, 5) is 12.1. The first-order chi connectivity index (χ1) is 10.5. The van der Waals surface area contributed by atoms with Crippen molar-refractivity contribution in [1.82, 2.24) is 0 Å². The molecule has 1 heterocycles. The second-order valence-corrected chi connectivity index (χ2v) is 6.26. The predicted octanol–water partition coefficient (Wildman–Crippen LogP) is 4.84. The lowest BCUT2D eigenvalue weighted by molar-refractivity contribution is 0.0471. The van der Waals surface area contributed by atoms with E-state index < -0.39 is 5.97 Å². The van der Waals surface area contributed by atoms with Gasteiger partial charge in [0.2, 0.25) is 6.79 Å². The first kappa shape index (κ1) is 15.5. The van der Waals surface area contributed by atoms with E-state index in [4.69, 9.17) is 37.4 Å². The summed E-state index contributed by atoms with van der Waals surface area (Å²) in [6, 6.07) is 8.11. The highest BCUT2D eigenvalue weighted by molar-refractivity contribution is 9.10. The minimum Gasteiger partial charge on any atom is -0.457 e. The van der Waals surface area contributed by atoms with Crippen molar-refractivity contribution in [2.24, 2.45) is 0 Å². The van der Waals surface area contributed by atoms with Crippen LogP contribution in [0.3, 0.4) is 0 Å². The maximum absolute atomic E-state index is 12.1. The van der Waals surface area contributed by atoms with E-state index in [9.17, 15) is 4.79 Å². The van der Waals surface area contributed by atoms with Crippen LogP contribution in [-0.2, 0) is 11.3 Å². The van der Waals surface area contributed by atoms with E-state index in [0.29, 0.717) is 27.1 Å². The van der Waals surface area contributed by atoms with Crippen LogP contribution < -0.4 is 9.47 Å². The highest BCUT2D eigenvalue weighted by Crippen LogP contribution is 2.37. The number of ether oxygens (including phenoxy) is 3. The molecule has 0 saturated heterocycles. The van der Waals surface area contributed by atoms with Gasteiger partial charge >= 0.3 is 5.97 Å². The van der Waals surface area contributed by atoms with Gasteiger partial charge in [0, 0.05) is 20.1 Å². The van der Waals surface area contributed by atoms with Gasteiger partial charge in [-0.05, 0) is 30.3 Å². The highest BCUT2D eigenvalue weighted by Gasteiger charge is 2.17. The zero-order valence-electron chi connectivity index (χ0n) is 11.1. The number of fused-ring (bicyclic) bond motifs is 1. The van der Waals surface area contributed by atoms with Crippen LogP contribution in [0.1, 0.15) is 15.9 Å². The average molecular weight is 404 g/mol. The van der Waals surface area contributed by atoms with E-state index in [1.807, 2.05) is 0 Å². The topological polar surface area (TPSA) is 44.8 Å². The second-order valence-electron chi connectivity index (χ2n) is 4.53. The SMILES string of the molecule is O=C(OCc1cc2c(cc1Br)OCO2)c1cc(Cl)cc(Cl)c1. The van der Waals surface area contributed by atoms with Crippen molar-refractivity contribution in [1.29, 1.82) is 0 Å². The molecule has 2 aromatic rings. The Hall–Kier alpha value is -1.43. The number of hydrogen-bond donors (Lipinski definition) is 0. The van der Waals surface area contributed by atoms with Crippen LogP contribution >= 0.6 is 39.1 Å². The summed E-state index contributed by atoms with van der Waals surface area (Å²) in [6.07, 6.45) is 0. The molecule has 2 aromatic carbocycles. The fraction of sp³-hybridized carbons (Fsp3) is 0.133. The van der Waals surface area contributed by atoms with Crippen molar-refractivity contribution in [2.75, 3.05) is 6.79 Å². The van der Waals surface area contributed by atoms with Gasteiger partial charge in [-0.3, -0.25) is 0 Å². The lowest BCUT2D eigenvalue weighted by Crippen LogP contribution is -2.05. The maximum Gasteiger partial charge on any atom is 0.338 e. The molecule has 114 valence electrons. The molecule has 0 saturated carbocycles. The molecule has 0 bridgehead atoms. The summed E-state index contributed by atoms with van der Waals surface area (Å²) in [5, 5.41) is 0.757. The van der Waals surface area contributed by atoms with E-state index in [-0.39, 0.29) is 13.4 Å². The Kier molecular flexibility index (Phi) is 4.47. The van der Waals surface area contributed by atoms with Crippen LogP contribution in [0.2, 0.25) is 10.0 Å². The molecule has 0 aromatic heterocycles. The van der Waals surface area contributed by atoms with Gasteiger partial charge in [-0.15, -0.1) is 0 Å². The number of hydrogen-bond acceptors (Lipinski definition) is 4. The van der Waals surface area contributed by atoms with E-state index in [1.54, 1.807) is 18.2 Å². The Balaban J connectivity index is 1.73. The number of halogens is 3. The van der Waals surface area contributed by atoms with Gasteiger partial charge in [0.15, 0.2) is 11.5 Å². The van der Waals surface area contributed by atoms with Crippen LogP contribution in [0.4, 0.5) is 0 Å². The fourth-order valence-electron chi connectivity index (χ4n) is 1.97. The smallest absolute Gasteiger partial charge is 0.338 e. The van der Waals surface area contributed by atoms with Crippen molar-refractivity contribution in [2.45, 2.75) is 6.61 Å². The lowest BCUT2D eigenvalue weighted by Gasteiger charge is -2.08. The van der Waals surface area contributed by atoms with Crippen LogP contribution in [0.5, 0.6) is 11.5 Å². The van der Waals surface area contributed by atoms with Gasteiger partial charge in [-0.1, -0.05) is 39.1 Å². The minimum atomic E-state index is -0.506. The predicted molar refractivity (Wildman–Crippen MR) is 85.8 cm³/mol. The van der Waals surface area contributed by atoms with Crippen molar-refractivity contribution < 1.29 is 19.0 Å². The van der Waals surface area contributed by atoms with E-state index in [2.05, 4.69) is 15.9 Å². The highest BCUT2D eigenvalue weighted by atomic mass is 79.9. The number of carbonyl (C=O) groups is 1. The van der Waals surface area contributed by atoms with Crippen molar-refractivity contribution in [3.05, 3.63) is 56.0 Å². The monoisotopic (exact) mass is 402 g/mol. The molecule has 22 heavy (non-hydrogen) atoms. The zero-order chi connectivity index (χ0) is 15.7. The molecule has 0 spiro atoms. The van der Waals surface area contributed by atoms with Crippen LogP contribution in [0, 0.1) is 0 Å². The first-order valence-electron chi connectivity index (χ1n) is 6.24. The summed E-state index contributed by atoms with van der Waals surface area (Å²) in [5.41, 5.74) is 1.07. The van der Waals surface area contributed by atoms with Gasteiger partial charge in [0.25, 0.3) is 0 Å². The molecule has 0 radical (unpaired) electrons. The molecule has 1 aliphatic rings. The van der Waals surface area contributed by atoms with Gasteiger partial charge in [0.1, 0.15) is 6.61 Å². The molecule has 0 amide bonds. The molecule has 3 rings (SSSR count). The Bertz CT molecular complexity index is 728. The summed E-state index contributed by atoms with van der Waals surface area (Å²) in [6.45, 7) is 0.270. The second kappa shape index (κ2) is 6.36. The average Bonchev–Trinajstić information content (AvgIpc) is 2.90. The fourth-order valence-corrected chi connectivity index (χ4v) is 2.93. The molecule has 0 atom stereocenters. The van der Waals surface area contributed by atoms with Crippen molar-refractivity contribution in [3.8, 4) is 11.5 Å². The quantitative estimate of drug-likeness (QED) is 0.687. The van der Waals surface area contributed by atoms with Crippen LogP contribution in [-0.4, -0.2) is 12.8 Å². The van der Waals surface area contributed by atoms with Gasteiger partial charge in [0.05, 0.1) is 5.56 Å². The Morgan fingerprint density at radius 2 is 1.73 bits per heavy atom. The molecular formula is C15H9BrCl2O4. The van der Waals surface area contributed by atoms with Crippen molar-refractivity contribution in [3.63, 3.8) is 0 Å². The third-order valence-electron chi connectivity index (χ3n) is 3.00. The molecule has 0 fully saturated rings. The number of esters is 1. The molecule has 1 aliphatic heterocycles. The lowest BCUT2D eigenvalue weighted by atomic mass is 10.2. The van der Waals surface area contributed by atoms with Gasteiger partial charge in [-0.25, -0.2) is 4.79 Å². The van der Waals surface area contributed by atoms with E-state index >= 15 is 0 Å². The number of carbonyl (C=O) groups excluding carboxylic acids is 1. The largest absolute Gasteiger partial charge is 0.457 e. The third-order valence-corrected chi connectivity index (χ3v) is 4.17. The molecule has 0 aliphatic carbocycles. The number of rotatable bonds is 3. The van der Waals surface area contributed by atoms with Crippen LogP contribution in [0.15, 0.2) is 34.8 Å². The normalized spacial score (nSPS) is 12.3. The molecule has 7 heteroatoms. The Morgan fingerprint density at radius 1 is 1.09 bits per heavy atom. The maximum atomic E-state index is 12.1. The molecular weight excluding hydrogens is 395 g/mol. The molecule has 0 N–H and O–H groups in total. The molecule has 4 nitrogen and oxygen atoms in total. The van der Waals surface area contributed by atoms with Gasteiger partial charge < -0.3 is 14.2 Å². The Morgan fingerprint density at radius 3 is 2.41 bits per heavy atom. The Labute approximate surface area is 145 Å². The third kappa shape index (κ3) is 3.32. The van der Waals surface area contributed by atoms with Gasteiger partial charge in [-0.2, -0.15) is 0 Å². The van der Waals surface area contributed by atoms with E-state index in [1.165, 1.54) is 12.1 Å². The van der Waals surface area contributed by atoms with Crippen molar-refractivity contribution >= 4 is 45.1 Å². The molecule has 0 unspecified atom stereocenters. The summed E-state index contributed by atoms with van der Waals surface area (Å²) < 4.78 is 16.6. The summed E-state index contributed by atoms with van der Waals surface area (Å²) in [7, 11) is 0. The minimum absolute atomic E-state index is 0.0835. The first-order valence-corrected chi connectivity index (χ1v) is 7.79. The summed E-state index contributed by atoms with van der Waals surface area (Å²) >= 11 is 15.2. The van der Waals surface area contributed by atoms with E-state index in [0.717, 1.165) is 10.0 Å².